The monoisotopic (exact) mass is 154 g/mol. The lowest BCUT2D eigenvalue weighted by Gasteiger charge is -2.23. The molecule has 11 heavy (non-hydrogen) atoms. The maximum atomic E-state index is 8.94. The van der Waals surface area contributed by atoms with E-state index in [0.29, 0.717) is 0 Å². The van der Waals surface area contributed by atoms with Crippen LogP contribution >= 0.6 is 0 Å². The number of aliphatic hydroxyl groups excluding tert-OH is 1. The van der Waals surface area contributed by atoms with Crippen LogP contribution in [-0.4, -0.2) is 17.7 Å². The summed E-state index contributed by atoms with van der Waals surface area (Å²) < 4.78 is 0. The molecule has 0 radical (unpaired) electrons. The zero-order valence-electron chi connectivity index (χ0n) is 7.13. The lowest BCUT2D eigenvalue weighted by molar-refractivity contribution is 0.161. The quantitative estimate of drug-likeness (QED) is 0.543. The Labute approximate surface area is 66.8 Å². The Morgan fingerprint density at radius 2 is 2.18 bits per heavy atom. The predicted octanol–water partition coefficient (Wildman–Crippen LogP) is 0.866. The van der Waals surface area contributed by atoms with Gasteiger partial charge in [-0.15, -0.1) is 0 Å². The Morgan fingerprint density at radius 3 is 2.55 bits per heavy atom. The predicted molar refractivity (Wildman–Crippen MR) is 45.2 cm³/mol. The molecule has 0 bridgehead atoms. The van der Waals surface area contributed by atoms with E-state index in [1.54, 1.807) is 12.4 Å². The topological polar surface area (TPSA) is 44.6 Å². The molecule has 1 aliphatic rings. The summed E-state index contributed by atoms with van der Waals surface area (Å²) in [6.45, 7) is 6.30. The molecule has 0 aromatic heterocycles. The lowest BCUT2D eigenvalue weighted by Crippen LogP contribution is -2.28. The summed E-state index contributed by atoms with van der Waals surface area (Å²) in [4.78, 5) is 3.83. The zero-order chi connectivity index (χ0) is 8.48. The Morgan fingerprint density at radius 1 is 1.55 bits per heavy atom. The van der Waals surface area contributed by atoms with Crippen molar-refractivity contribution in [3.63, 3.8) is 0 Å². The number of hydrogen-bond acceptors (Lipinski definition) is 3. The first kappa shape index (κ1) is 8.27. The van der Waals surface area contributed by atoms with Gasteiger partial charge in [-0.2, -0.15) is 0 Å². The molecule has 1 unspecified atom stereocenters. The molecular weight excluding hydrogens is 140 g/mol. The second-order valence-corrected chi connectivity index (χ2v) is 3.67. The Kier molecular flexibility index (Phi) is 2.00. The highest BCUT2D eigenvalue weighted by molar-refractivity contribution is 5.80. The van der Waals surface area contributed by atoms with Gasteiger partial charge in [0.25, 0.3) is 0 Å². The van der Waals surface area contributed by atoms with Crippen LogP contribution in [0.15, 0.2) is 16.8 Å². The molecule has 1 heterocycles. The number of nitrogens with one attached hydrogen (secondary N) is 1. The molecule has 0 spiro atoms. The smallest absolute Gasteiger partial charge is 0.222 e. The molecule has 0 saturated heterocycles. The van der Waals surface area contributed by atoms with E-state index in [9.17, 15) is 0 Å². The van der Waals surface area contributed by atoms with Crippen LogP contribution in [0.25, 0.3) is 0 Å². The molecule has 3 heteroatoms. The summed E-state index contributed by atoms with van der Waals surface area (Å²) in [6, 6.07) is 0. The second kappa shape index (κ2) is 2.66. The molecule has 0 amide bonds. The van der Waals surface area contributed by atoms with E-state index < -0.39 is 6.35 Å². The van der Waals surface area contributed by atoms with E-state index in [0.717, 1.165) is 5.57 Å². The SMILES string of the molecule is CC(C)(C)C1=CNC(O)N=C1. The highest BCUT2D eigenvalue weighted by atomic mass is 16.3. The molecule has 0 aromatic rings. The number of rotatable bonds is 0. The molecule has 62 valence electrons. The van der Waals surface area contributed by atoms with Crippen LogP contribution < -0.4 is 5.32 Å². The fourth-order valence-electron chi connectivity index (χ4n) is 0.806. The molecule has 0 fully saturated rings. The summed E-state index contributed by atoms with van der Waals surface area (Å²) in [5, 5.41) is 11.7. The maximum Gasteiger partial charge on any atom is 0.222 e. The minimum Gasteiger partial charge on any atom is -0.355 e. The first-order chi connectivity index (χ1) is 5.00. The van der Waals surface area contributed by atoms with Crippen molar-refractivity contribution in [1.82, 2.24) is 5.32 Å². The summed E-state index contributed by atoms with van der Waals surface area (Å²) in [5.41, 5.74) is 1.19. The van der Waals surface area contributed by atoms with Gasteiger partial charge >= 0.3 is 0 Å². The van der Waals surface area contributed by atoms with Crippen molar-refractivity contribution in [2.24, 2.45) is 10.4 Å². The number of hydrogen-bond donors (Lipinski definition) is 2. The Balaban J connectivity index is 2.71. The van der Waals surface area contributed by atoms with Gasteiger partial charge in [-0.25, -0.2) is 4.99 Å². The lowest BCUT2D eigenvalue weighted by atomic mass is 9.87. The average Bonchev–Trinajstić information content (AvgIpc) is 1.86. The Hall–Kier alpha value is -0.830. The van der Waals surface area contributed by atoms with Gasteiger partial charge in [0.15, 0.2) is 0 Å². The van der Waals surface area contributed by atoms with Crippen LogP contribution in [-0.2, 0) is 0 Å². The molecule has 0 aromatic carbocycles. The van der Waals surface area contributed by atoms with Gasteiger partial charge in [-0.1, -0.05) is 20.8 Å². The standard InChI is InChI=1S/C8H14N2O/c1-8(2,3)6-4-9-7(11)10-5-6/h4-5,7,9,11H,1-3H3. The van der Waals surface area contributed by atoms with Gasteiger partial charge < -0.3 is 10.4 Å². The molecule has 3 nitrogen and oxygen atoms in total. The van der Waals surface area contributed by atoms with Crippen molar-refractivity contribution in [1.29, 1.82) is 0 Å². The van der Waals surface area contributed by atoms with Crippen LogP contribution in [0.2, 0.25) is 0 Å². The number of aliphatic imine (C=N–C) groups is 1. The van der Waals surface area contributed by atoms with Crippen LogP contribution in [0.3, 0.4) is 0 Å². The first-order valence-corrected chi connectivity index (χ1v) is 3.68. The van der Waals surface area contributed by atoms with Gasteiger partial charge in [0, 0.05) is 12.4 Å². The van der Waals surface area contributed by atoms with Crippen LogP contribution in [0.1, 0.15) is 20.8 Å². The van der Waals surface area contributed by atoms with Crippen molar-refractivity contribution < 1.29 is 5.11 Å². The third-order valence-electron chi connectivity index (χ3n) is 1.61. The van der Waals surface area contributed by atoms with Gasteiger partial charge in [-0.05, 0) is 11.0 Å². The number of aliphatic hydroxyl groups is 1. The summed E-state index contributed by atoms with van der Waals surface area (Å²) in [5.74, 6) is 0. The molecule has 1 aliphatic heterocycles. The average molecular weight is 154 g/mol. The fraction of sp³-hybridized carbons (Fsp3) is 0.625. The third-order valence-corrected chi connectivity index (χ3v) is 1.61. The summed E-state index contributed by atoms with van der Waals surface area (Å²) in [7, 11) is 0. The minimum atomic E-state index is -0.763. The van der Waals surface area contributed by atoms with E-state index in [1.807, 2.05) is 0 Å². The minimum absolute atomic E-state index is 0.0939. The molecule has 0 aliphatic carbocycles. The van der Waals surface area contributed by atoms with Crippen LogP contribution in [0.4, 0.5) is 0 Å². The van der Waals surface area contributed by atoms with Gasteiger partial charge in [-0.3, -0.25) is 0 Å². The van der Waals surface area contributed by atoms with Crippen LogP contribution in [0, 0.1) is 5.41 Å². The fourth-order valence-corrected chi connectivity index (χ4v) is 0.806. The molecule has 0 saturated carbocycles. The third kappa shape index (κ3) is 2.05. The highest BCUT2D eigenvalue weighted by Crippen LogP contribution is 2.23. The molecular formula is C8H14N2O. The van der Waals surface area contributed by atoms with Crippen molar-refractivity contribution in [3.05, 3.63) is 11.8 Å². The molecule has 1 rings (SSSR count). The van der Waals surface area contributed by atoms with Gasteiger partial charge in [0.2, 0.25) is 6.35 Å². The van der Waals surface area contributed by atoms with Gasteiger partial charge in [0.05, 0.1) is 0 Å². The number of allylic oxidation sites excluding steroid dienone is 1. The van der Waals surface area contributed by atoms with E-state index in [2.05, 4.69) is 31.1 Å². The van der Waals surface area contributed by atoms with Crippen molar-refractivity contribution in [2.75, 3.05) is 0 Å². The van der Waals surface area contributed by atoms with Gasteiger partial charge in [0.1, 0.15) is 0 Å². The van der Waals surface area contributed by atoms with E-state index in [4.69, 9.17) is 5.11 Å². The van der Waals surface area contributed by atoms with E-state index in [-0.39, 0.29) is 5.41 Å². The largest absolute Gasteiger partial charge is 0.355 e. The van der Waals surface area contributed by atoms with Crippen LogP contribution in [0.5, 0.6) is 0 Å². The van der Waals surface area contributed by atoms with Crippen molar-refractivity contribution in [3.8, 4) is 0 Å². The van der Waals surface area contributed by atoms with Crippen molar-refractivity contribution >= 4 is 6.21 Å². The first-order valence-electron chi connectivity index (χ1n) is 3.68. The van der Waals surface area contributed by atoms with E-state index >= 15 is 0 Å². The zero-order valence-corrected chi connectivity index (χ0v) is 7.13. The highest BCUT2D eigenvalue weighted by Gasteiger charge is 2.17. The summed E-state index contributed by atoms with van der Waals surface area (Å²) in [6.07, 6.45) is 2.75. The molecule has 1 atom stereocenters. The maximum absolute atomic E-state index is 8.94. The number of nitrogens with zero attached hydrogens (tertiary/aromatic N) is 1. The Bertz CT molecular complexity index is 201. The normalized spacial score (nSPS) is 24.4. The van der Waals surface area contributed by atoms with E-state index in [1.165, 1.54) is 0 Å². The molecule has 2 N–H and O–H groups in total. The summed E-state index contributed by atoms with van der Waals surface area (Å²) >= 11 is 0. The second-order valence-electron chi connectivity index (χ2n) is 3.67. The van der Waals surface area contributed by atoms with Crippen molar-refractivity contribution in [2.45, 2.75) is 27.1 Å².